The maximum absolute atomic E-state index is 11.5. The van der Waals surface area contributed by atoms with Crippen LogP contribution in [-0.2, 0) is 9.09 Å². The van der Waals surface area contributed by atoms with Crippen molar-refractivity contribution in [2.24, 2.45) is 4.95 Å². The van der Waals surface area contributed by atoms with Crippen LogP contribution in [-0.4, -0.2) is 23.9 Å². The Bertz CT molecular complexity index is 200. The molecular formula is C6H14NO3PS2. The first-order chi connectivity index (χ1) is 6.04. The smallest absolute Gasteiger partial charge is 0.300 e. The average Bonchev–Trinajstić information content (AvgIpc) is 2.04. The van der Waals surface area contributed by atoms with Crippen molar-refractivity contribution in [1.82, 2.24) is 0 Å². The quantitative estimate of drug-likeness (QED) is 0.390. The van der Waals surface area contributed by atoms with Crippen molar-refractivity contribution < 1.29 is 9.09 Å². The third-order valence-electron chi connectivity index (χ3n) is 0.986. The van der Waals surface area contributed by atoms with Gasteiger partial charge in [0, 0.05) is 16.5 Å². The first kappa shape index (κ1) is 13.5. The number of hydrogen-bond acceptors (Lipinski definition) is 5. The molecule has 0 spiro atoms. The lowest BCUT2D eigenvalue weighted by molar-refractivity contribution is 0.253. The topological polar surface area (TPSA) is 55.7 Å². The number of hydrogen-bond donors (Lipinski definition) is 0. The predicted octanol–water partition coefficient (Wildman–Crippen LogP) is 3.38. The summed E-state index contributed by atoms with van der Waals surface area (Å²) in [6, 6.07) is 0. The van der Waals surface area contributed by atoms with Crippen LogP contribution < -0.4 is 0 Å². The lowest BCUT2D eigenvalue weighted by Gasteiger charge is -2.12. The van der Waals surface area contributed by atoms with Gasteiger partial charge in [0.05, 0.1) is 6.10 Å². The highest BCUT2D eigenvalue weighted by molar-refractivity contribution is 8.56. The summed E-state index contributed by atoms with van der Waals surface area (Å²) in [6.45, 7) is 0.145. The Morgan fingerprint density at radius 1 is 1.46 bits per heavy atom. The van der Waals surface area contributed by atoms with E-state index in [0.29, 0.717) is 5.75 Å². The van der Waals surface area contributed by atoms with E-state index in [0.717, 1.165) is 17.1 Å². The highest BCUT2D eigenvalue weighted by Crippen LogP contribution is 2.61. The van der Waals surface area contributed by atoms with Crippen LogP contribution in [0.3, 0.4) is 0 Å². The van der Waals surface area contributed by atoms with E-state index in [1.54, 1.807) is 25.6 Å². The summed E-state index contributed by atoms with van der Waals surface area (Å²) in [6.07, 6.45) is 1.72. The molecule has 13 heavy (non-hydrogen) atoms. The molecule has 0 aliphatic carbocycles. The minimum Gasteiger partial charge on any atom is -0.300 e. The number of thioether (sulfide) groups is 1. The van der Waals surface area contributed by atoms with Gasteiger partial charge in [0.2, 0.25) is 0 Å². The normalized spacial score (nSPS) is 15.7. The van der Waals surface area contributed by atoms with Gasteiger partial charge in [-0.25, -0.2) is 0 Å². The largest absolute Gasteiger partial charge is 0.408 e. The van der Waals surface area contributed by atoms with Crippen molar-refractivity contribution in [3.05, 3.63) is 4.91 Å². The van der Waals surface area contributed by atoms with E-state index in [1.807, 2.05) is 6.26 Å². The minimum absolute atomic E-state index is 0.231. The zero-order chi connectivity index (χ0) is 10.3. The van der Waals surface area contributed by atoms with Crippen LogP contribution in [0.2, 0.25) is 0 Å². The lowest BCUT2D eigenvalue weighted by Crippen LogP contribution is -1.98. The molecule has 0 bridgehead atoms. The molecule has 0 fully saturated rings. The van der Waals surface area contributed by atoms with Crippen LogP contribution in [0.4, 0.5) is 0 Å². The van der Waals surface area contributed by atoms with Crippen molar-refractivity contribution in [3.8, 4) is 0 Å². The van der Waals surface area contributed by atoms with Crippen molar-refractivity contribution in [3.63, 3.8) is 0 Å². The molecule has 0 aromatic rings. The van der Waals surface area contributed by atoms with Gasteiger partial charge in [-0.05, 0) is 31.5 Å². The molecule has 0 amide bonds. The highest BCUT2D eigenvalue weighted by Gasteiger charge is 2.26. The Morgan fingerprint density at radius 3 is 2.46 bits per heavy atom. The average molecular weight is 243 g/mol. The van der Waals surface area contributed by atoms with Gasteiger partial charge in [0.25, 0.3) is 0 Å². The molecule has 0 saturated heterocycles. The summed E-state index contributed by atoms with van der Waals surface area (Å²) in [5.74, 6) is 1.46. The van der Waals surface area contributed by atoms with Crippen LogP contribution in [0.15, 0.2) is 4.95 Å². The molecule has 1 atom stereocenters. The van der Waals surface area contributed by atoms with Crippen molar-refractivity contribution >= 4 is 29.9 Å². The molecule has 0 radical (unpaired) electrons. The molecule has 0 aromatic heterocycles. The van der Waals surface area contributed by atoms with Crippen molar-refractivity contribution in [2.45, 2.75) is 20.0 Å². The van der Waals surface area contributed by atoms with Crippen LogP contribution in [0.25, 0.3) is 0 Å². The van der Waals surface area contributed by atoms with Gasteiger partial charge in [-0.15, -0.1) is 4.91 Å². The van der Waals surface area contributed by atoms with Crippen LogP contribution in [0.1, 0.15) is 13.8 Å². The van der Waals surface area contributed by atoms with Crippen molar-refractivity contribution in [1.29, 1.82) is 0 Å². The number of nitrogens with zero attached hydrogens (tertiary/aromatic N) is 1. The number of rotatable bonds is 7. The van der Waals surface area contributed by atoms with E-state index in [2.05, 4.69) is 4.95 Å². The second-order valence-corrected chi connectivity index (χ2v) is 7.65. The SMILES string of the molecule is CSCCSP(=O)(N=O)OC(C)C. The predicted molar refractivity (Wildman–Crippen MR) is 60.5 cm³/mol. The monoisotopic (exact) mass is 243 g/mol. The third kappa shape index (κ3) is 6.55. The molecular weight excluding hydrogens is 229 g/mol. The fourth-order valence-corrected chi connectivity index (χ4v) is 4.65. The molecule has 0 aliphatic heterocycles. The summed E-state index contributed by atoms with van der Waals surface area (Å²) in [4.78, 5) is 12.9. The van der Waals surface area contributed by atoms with E-state index in [1.165, 1.54) is 0 Å². The zero-order valence-corrected chi connectivity index (χ0v) is 10.5. The van der Waals surface area contributed by atoms with Gasteiger partial charge in [-0.3, -0.25) is 9.09 Å². The molecule has 1 unspecified atom stereocenters. The molecule has 0 saturated carbocycles. The van der Waals surface area contributed by atoms with Gasteiger partial charge in [0.1, 0.15) is 0 Å². The number of nitroso groups, excluding NO2 is 1. The Labute approximate surface area is 86.8 Å². The van der Waals surface area contributed by atoms with Gasteiger partial charge in [0.15, 0.2) is 0 Å². The second kappa shape index (κ2) is 6.87. The van der Waals surface area contributed by atoms with E-state index in [4.69, 9.17) is 4.52 Å². The molecule has 78 valence electrons. The Hall–Kier alpha value is 0.490. The van der Waals surface area contributed by atoms with Crippen LogP contribution >= 0.6 is 29.9 Å². The molecule has 0 aromatic carbocycles. The van der Waals surface area contributed by atoms with Crippen LogP contribution in [0.5, 0.6) is 0 Å². The van der Waals surface area contributed by atoms with E-state index < -0.39 is 6.72 Å². The van der Waals surface area contributed by atoms with Gasteiger partial charge in [-0.2, -0.15) is 11.8 Å². The molecule has 0 heterocycles. The third-order valence-corrected chi connectivity index (χ3v) is 5.44. The fourth-order valence-electron chi connectivity index (χ4n) is 0.576. The van der Waals surface area contributed by atoms with E-state index >= 15 is 0 Å². The van der Waals surface area contributed by atoms with Crippen LogP contribution in [0, 0.1) is 4.91 Å². The summed E-state index contributed by atoms with van der Waals surface area (Å²) < 4.78 is 16.5. The second-order valence-electron chi connectivity index (χ2n) is 2.53. The summed E-state index contributed by atoms with van der Waals surface area (Å²) in [5, 5.41) is 0. The molecule has 0 aliphatic rings. The molecule has 0 rings (SSSR count). The van der Waals surface area contributed by atoms with Gasteiger partial charge in [-0.1, -0.05) is 0 Å². The summed E-state index contributed by atoms with van der Waals surface area (Å²) in [5.41, 5.74) is 0. The first-order valence-corrected chi connectivity index (χ1v) is 8.37. The maximum Gasteiger partial charge on any atom is 0.408 e. The van der Waals surface area contributed by atoms with Gasteiger partial charge < -0.3 is 0 Å². The zero-order valence-electron chi connectivity index (χ0n) is 7.93. The fraction of sp³-hybridized carbons (Fsp3) is 1.00. The maximum atomic E-state index is 11.5. The molecule has 4 nitrogen and oxygen atoms in total. The first-order valence-electron chi connectivity index (χ1n) is 3.81. The van der Waals surface area contributed by atoms with E-state index in [9.17, 15) is 9.47 Å². The Kier molecular flexibility index (Phi) is 7.13. The molecule has 7 heteroatoms. The highest BCUT2D eigenvalue weighted by atomic mass is 32.7. The summed E-state index contributed by atoms with van der Waals surface area (Å²) >= 11 is 2.64. The Morgan fingerprint density at radius 2 is 2.08 bits per heavy atom. The lowest BCUT2D eigenvalue weighted by atomic mass is 10.5. The standard InChI is InChI=1S/C6H14NO3PS2/c1-6(2)10-11(9,7-8)13-5-4-12-3/h6H,4-5H2,1-3H3. The van der Waals surface area contributed by atoms with Crippen molar-refractivity contribution in [2.75, 3.05) is 17.8 Å². The van der Waals surface area contributed by atoms with E-state index in [-0.39, 0.29) is 6.10 Å². The minimum atomic E-state index is -3.31. The summed E-state index contributed by atoms with van der Waals surface area (Å²) in [7, 11) is 0. The molecule has 0 N–H and O–H groups in total. The van der Waals surface area contributed by atoms with Gasteiger partial charge >= 0.3 is 6.72 Å². The Balaban J connectivity index is 3.97.